The van der Waals surface area contributed by atoms with Crippen LogP contribution in [-0.2, 0) is 0 Å². The number of rotatable bonds is 4. The molecule has 0 amide bonds. The maximum absolute atomic E-state index is 11.8. The molecule has 0 aliphatic heterocycles. The highest BCUT2D eigenvalue weighted by molar-refractivity contribution is 5.78. The molecule has 0 unspecified atom stereocenters. The van der Waals surface area contributed by atoms with Gasteiger partial charge in [0.15, 0.2) is 0 Å². The molecule has 4 rings (SSSR count). The largest absolute Gasteiger partial charge is 0.356 e. The highest BCUT2D eigenvalue weighted by Crippen LogP contribution is 2.31. The zero-order valence-corrected chi connectivity index (χ0v) is 14.6. The van der Waals surface area contributed by atoms with E-state index in [1.807, 2.05) is 44.2 Å². The lowest BCUT2D eigenvalue weighted by atomic mass is 10.1. The molecule has 27 heavy (non-hydrogen) atoms. The number of anilines is 2. The van der Waals surface area contributed by atoms with E-state index in [4.69, 9.17) is 0 Å². The Bertz CT molecular complexity index is 1150. The topological polar surface area (TPSA) is 112 Å². The van der Waals surface area contributed by atoms with Gasteiger partial charge >= 0.3 is 5.69 Å². The van der Waals surface area contributed by atoms with Crippen LogP contribution >= 0.6 is 0 Å². The van der Waals surface area contributed by atoms with Crippen LogP contribution in [0.2, 0.25) is 0 Å². The Labute approximate surface area is 153 Å². The Morgan fingerprint density at radius 3 is 2.56 bits per heavy atom. The zero-order chi connectivity index (χ0) is 19.0. The minimum atomic E-state index is -0.517. The summed E-state index contributed by atoms with van der Waals surface area (Å²) in [5.41, 5.74) is 3.76. The fourth-order valence-electron chi connectivity index (χ4n) is 2.99. The molecule has 0 aliphatic rings. The first-order valence-corrected chi connectivity index (χ1v) is 8.18. The Hall–Kier alpha value is -3.88. The van der Waals surface area contributed by atoms with Crippen molar-refractivity contribution in [2.24, 2.45) is 0 Å². The minimum Gasteiger partial charge on any atom is -0.334 e. The number of aryl methyl sites for hydroxylation is 2. The molecule has 2 aromatic carbocycles. The summed E-state index contributed by atoms with van der Waals surface area (Å²) in [6, 6.07) is 13.0. The van der Waals surface area contributed by atoms with Gasteiger partial charge in [-0.25, -0.2) is 9.97 Å². The van der Waals surface area contributed by atoms with E-state index in [-0.39, 0.29) is 17.3 Å². The molecule has 9 nitrogen and oxygen atoms in total. The average Bonchev–Trinajstić information content (AvgIpc) is 3.04. The lowest BCUT2D eigenvalue weighted by molar-refractivity contribution is -0.384. The maximum Gasteiger partial charge on any atom is 0.356 e. The third kappa shape index (κ3) is 3.06. The number of nitro groups is 1. The molecule has 2 heterocycles. The lowest BCUT2D eigenvalue weighted by Gasteiger charge is -2.10. The molecule has 0 aliphatic carbocycles. The van der Waals surface area contributed by atoms with Crippen molar-refractivity contribution in [2.45, 2.75) is 13.8 Å². The average molecular weight is 361 g/mol. The number of aromatic nitrogens is 5. The van der Waals surface area contributed by atoms with Crippen molar-refractivity contribution in [3.63, 3.8) is 0 Å². The highest BCUT2D eigenvalue weighted by Gasteiger charge is 2.26. The predicted molar refractivity (Wildman–Crippen MR) is 100 cm³/mol. The fraction of sp³-hybridized carbons (Fsp3) is 0.111. The first kappa shape index (κ1) is 16.6. The second kappa shape index (κ2) is 6.45. The van der Waals surface area contributed by atoms with Crippen LogP contribution in [0.15, 0.2) is 48.8 Å². The molecule has 1 N–H and O–H groups in total. The van der Waals surface area contributed by atoms with Crippen molar-refractivity contribution in [1.82, 2.24) is 25.0 Å². The van der Waals surface area contributed by atoms with Gasteiger partial charge in [-0.1, -0.05) is 23.4 Å². The molecule has 2 aromatic heterocycles. The van der Waals surface area contributed by atoms with Crippen LogP contribution in [0, 0.1) is 24.0 Å². The highest BCUT2D eigenvalue weighted by atomic mass is 16.6. The van der Waals surface area contributed by atoms with Gasteiger partial charge in [-0.3, -0.25) is 10.1 Å². The van der Waals surface area contributed by atoms with Crippen LogP contribution in [0.4, 0.5) is 17.2 Å². The molecule has 0 radical (unpaired) electrons. The molecule has 0 saturated heterocycles. The zero-order valence-electron chi connectivity index (χ0n) is 14.6. The van der Waals surface area contributed by atoms with Crippen molar-refractivity contribution < 1.29 is 4.92 Å². The van der Waals surface area contributed by atoms with Gasteiger partial charge in [0.25, 0.3) is 0 Å². The normalized spacial score (nSPS) is 10.9. The number of nitrogens with zero attached hydrogens (tertiary/aromatic N) is 6. The quantitative estimate of drug-likeness (QED) is 0.437. The Kier molecular flexibility index (Phi) is 3.96. The van der Waals surface area contributed by atoms with Crippen molar-refractivity contribution in [3.05, 3.63) is 70.0 Å². The van der Waals surface area contributed by atoms with E-state index in [9.17, 15) is 10.1 Å². The van der Waals surface area contributed by atoms with Gasteiger partial charge in [-0.15, -0.1) is 5.10 Å². The van der Waals surface area contributed by atoms with Crippen LogP contribution in [0.25, 0.3) is 16.9 Å². The van der Waals surface area contributed by atoms with Gasteiger partial charge < -0.3 is 5.32 Å². The van der Waals surface area contributed by atoms with Gasteiger partial charge in [0.2, 0.25) is 11.6 Å². The van der Waals surface area contributed by atoms with E-state index in [2.05, 4.69) is 25.6 Å². The van der Waals surface area contributed by atoms with E-state index in [1.165, 1.54) is 11.0 Å². The summed E-state index contributed by atoms with van der Waals surface area (Å²) >= 11 is 0. The van der Waals surface area contributed by atoms with Crippen LogP contribution < -0.4 is 5.32 Å². The summed E-state index contributed by atoms with van der Waals surface area (Å²) in [7, 11) is 0. The molecule has 9 heteroatoms. The van der Waals surface area contributed by atoms with E-state index in [1.54, 1.807) is 12.1 Å². The van der Waals surface area contributed by atoms with Gasteiger partial charge in [0, 0.05) is 5.69 Å². The standard InChI is InChI=1S/C18H15N7O2/c1-11-7-12(2)9-13(8-11)21-17-16(25(26)27)18(20-10-19-17)24-15-6-4-3-5-14(15)22-23-24/h3-10H,1-2H3,(H,19,20,21). The number of hydrogen-bond acceptors (Lipinski definition) is 7. The molecule has 0 atom stereocenters. The van der Waals surface area contributed by atoms with Crippen LogP contribution in [0.1, 0.15) is 11.1 Å². The number of fused-ring (bicyclic) bond motifs is 1. The summed E-state index contributed by atoms with van der Waals surface area (Å²) in [6.45, 7) is 3.92. The van der Waals surface area contributed by atoms with Gasteiger partial charge in [-0.05, 0) is 49.2 Å². The number of benzene rings is 2. The second-order valence-corrected chi connectivity index (χ2v) is 6.14. The third-order valence-corrected chi connectivity index (χ3v) is 4.02. The third-order valence-electron chi connectivity index (χ3n) is 4.02. The SMILES string of the molecule is Cc1cc(C)cc(Nc2ncnc(-n3nnc4ccccc43)c2[N+](=O)[O-])c1. The fourth-order valence-corrected chi connectivity index (χ4v) is 2.99. The first-order valence-electron chi connectivity index (χ1n) is 8.18. The van der Waals surface area contributed by atoms with Crippen molar-refractivity contribution in [1.29, 1.82) is 0 Å². The molecular formula is C18H15N7O2. The van der Waals surface area contributed by atoms with Gasteiger partial charge in [-0.2, -0.15) is 4.68 Å². The number of hydrogen-bond donors (Lipinski definition) is 1. The molecule has 4 aromatic rings. The van der Waals surface area contributed by atoms with Crippen molar-refractivity contribution in [3.8, 4) is 5.82 Å². The van der Waals surface area contributed by atoms with Crippen molar-refractivity contribution >= 4 is 28.2 Å². The summed E-state index contributed by atoms with van der Waals surface area (Å²) in [6.07, 6.45) is 1.27. The van der Waals surface area contributed by atoms with Gasteiger partial charge in [0.1, 0.15) is 11.8 Å². The first-order chi connectivity index (χ1) is 13.0. The minimum absolute atomic E-state index is 0.0515. The molecule has 0 spiro atoms. The van der Waals surface area contributed by atoms with Crippen molar-refractivity contribution in [2.75, 3.05) is 5.32 Å². The van der Waals surface area contributed by atoms with Crippen LogP contribution in [-0.4, -0.2) is 29.9 Å². The van der Waals surface area contributed by atoms with E-state index in [0.717, 1.165) is 11.1 Å². The summed E-state index contributed by atoms with van der Waals surface area (Å²) < 4.78 is 1.35. The summed E-state index contributed by atoms with van der Waals surface area (Å²) in [5.74, 6) is 0.144. The predicted octanol–water partition coefficient (Wildman–Crippen LogP) is 3.48. The van der Waals surface area contributed by atoms with Crippen LogP contribution in [0.5, 0.6) is 0 Å². The van der Waals surface area contributed by atoms with Gasteiger partial charge in [0.05, 0.1) is 10.4 Å². The Morgan fingerprint density at radius 2 is 1.81 bits per heavy atom. The molecular weight excluding hydrogens is 346 g/mol. The molecule has 0 saturated carbocycles. The lowest BCUT2D eigenvalue weighted by Crippen LogP contribution is -2.09. The second-order valence-electron chi connectivity index (χ2n) is 6.14. The molecule has 0 bridgehead atoms. The smallest absolute Gasteiger partial charge is 0.334 e. The maximum atomic E-state index is 11.8. The Balaban J connectivity index is 1.87. The van der Waals surface area contributed by atoms with E-state index >= 15 is 0 Å². The summed E-state index contributed by atoms with van der Waals surface area (Å²) in [4.78, 5) is 19.5. The number of nitrogens with one attached hydrogen (secondary N) is 1. The van der Waals surface area contributed by atoms with E-state index < -0.39 is 4.92 Å². The molecule has 134 valence electrons. The number of para-hydroxylation sites is 1. The van der Waals surface area contributed by atoms with E-state index in [0.29, 0.717) is 16.7 Å². The Morgan fingerprint density at radius 1 is 1.07 bits per heavy atom. The monoisotopic (exact) mass is 361 g/mol. The summed E-state index contributed by atoms with van der Waals surface area (Å²) in [5, 5.41) is 22.9. The molecule has 0 fully saturated rings. The van der Waals surface area contributed by atoms with Crippen LogP contribution in [0.3, 0.4) is 0 Å².